The predicted molar refractivity (Wildman–Crippen MR) is 103 cm³/mol. The molecule has 1 N–H and O–H groups in total. The molecule has 1 unspecified atom stereocenters. The number of aromatic nitrogens is 3. The Labute approximate surface area is 153 Å². The zero-order valence-electron chi connectivity index (χ0n) is 15.4. The van der Waals surface area contributed by atoms with Crippen molar-refractivity contribution in [2.24, 2.45) is 0 Å². The van der Waals surface area contributed by atoms with Gasteiger partial charge in [-0.2, -0.15) is 0 Å². The Morgan fingerprint density at radius 1 is 1.32 bits per heavy atom. The third-order valence-corrected chi connectivity index (χ3v) is 10.4. The highest BCUT2D eigenvalue weighted by molar-refractivity contribution is 7.15. The lowest BCUT2D eigenvalue weighted by molar-refractivity contribution is 0.216. The van der Waals surface area contributed by atoms with Crippen molar-refractivity contribution in [1.82, 2.24) is 14.4 Å². The first-order valence-electron chi connectivity index (χ1n) is 8.35. The molecule has 0 aliphatic rings. The first-order valence-corrected chi connectivity index (χ1v) is 12.1. The van der Waals surface area contributed by atoms with Gasteiger partial charge in [0, 0.05) is 29.5 Å². The molecule has 0 fully saturated rings. The third kappa shape index (κ3) is 3.69. The highest BCUT2D eigenvalue weighted by Gasteiger charge is 2.37. The Hall–Kier alpha value is -1.54. The van der Waals surface area contributed by atoms with Gasteiger partial charge in [-0.1, -0.05) is 20.8 Å². The molecular formula is C18H25N3O2SSi. The maximum absolute atomic E-state index is 10.7. The van der Waals surface area contributed by atoms with Crippen LogP contribution in [0.3, 0.4) is 0 Å². The van der Waals surface area contributed by atoms with Gasteiger partial charge in [-0.05, 0) is 29.8 Å². The van der Waals surface area contributed by atoms with Crippen LogP contribution in [0.15, 0.2) is 36.4 Å². The Kier molecular flexibility index (Phi) is 4.85. The van der Waals surface area contributed by atoms with Gasteiger partial charge in [0.25, 0.3) is 0 Å². The minimum Gasteiger partial charge on any atom is -0.413 e. The summed E-state index contributed by atoms with van der Waals surface area (Å²) >= 11 is 1.57. The van der Waals surface area contributed by atoms with E-state index in [-0.39, 0.29) is 5.04 Å². The van der Waals surface area contributed by atoms with E-state index in [0.29, 0.717) is 12.3 Å². The second-order valence-electron chi connectivity index (χ2n) is 7.82. The minimum atomic E-state index is -1.82. The summed E-state index contributed by atoms with van der Waals surface area (Å²) in [5.74, 6) is 0. The number of fused-ring (bicyclic) bond motifs is 1. The van der Waals surface area contributed by atoms with Crippen molar-refractivity contribution in [3.05, 3.63) is 53.2 Å². The molecule has 25 heavy (non-hydrogen) atoms. The molecule has 5 nitrogen and oxygen atoms in total. The SMILES string of the molecule is CC(C)(C)[Si](C)(C)OCc1cncc(C(O)c2ncn3ccsc23)c1. The van der Waals surface area contributed by atoms with Crippen molar-refractivity contribution in [2.75, 3.05) is 0 Å². The van der Waals surface area contributed by atoms with Crippen LogP contribution >= 0.6 is 11.3 Å². The topological polar surface area (TPSA) is 59.7 Å². The van der Waals surface area contributed by atoms with Gasteiger partial charge in [0.1, 0.15) is 23.0 Å². The number of hydrogen-bond donors (Lipinski definition) is 1. The van der Waals surface area contributed by atoms with Gasteiger partial charge < -0.3 is 9.53 Å². The van der Waals surface area contributed by atoms with Crippen LogP contribution in [-0.2, 0) is 11.0 Å². The summed E-state index contributed by atoms with van der Waals surface area (Å²) in [7, 11) is -1.82. The summed E-state index contributed by atoms with van der Waals surface area (Å²) in [6, 6.07) is 1.96. The summed E-state index contributed by atoms with van der Waals surface area (Å²) in [5, 5.41) is 12.9. The third-order valence-electron chi connectivity index (χ3n) is 4.97. The van der Waals surface area contributed by atoms with Gasteiger partial charge in [0.2, 0.25) is 0 Å². The van der Waals surface area contributed by atoms with E-state index in [0.717, 1.165) is 16.0 Å². The molecule has 134 valence electrons. The van der Waals surface area contributed by atoms with Gasteiger partial charge in [-0.3, -0.25) is 9.38 Å². The number of nitrogens with zero attached hydrogens (tertiary/aromatic N) is 3. The van der Waals surface area contributed by atoms with Crippen molar-refractivity contribution in [1.29, 1.82) is 0 Å². The Morgan fingerprint density at radius 2 is 2.08 bits per heavy atom. The summed E-state index contributed by atoms with van der Waals surface area (Å²) in [4.78, 5) is 9.59. The number of hydrogen-bond acceptors (Lipinski definition) is 5. The zero-order valence-corrected chi connectivity index (χ0v) is 17.2. The number of aliphatic hydroxyl groups is 1. The van der Waals surface area contributed by atoms with Gasteiger partial charge in [-0.15, -0.1) is 11.3 Å². The maximum atomic E-state index is 10.7. The molecule has 0 aliphatic carbocycles. The molecule has 0 radical (unpaired) electrons. The van der Waals surface area contributed by atoms with E-state index in [1.807, 2.05) is 22.0 Å². The molecule has 3 heterocycles. The van der Waals surface area contributed by atoms with E-state index in [1.165, 1.54) is 0 Å². The predicted octanol–water partition coefficient (Wildman–Crippen LogP) is 4.39. The fourth-order valence-electron chi connectivity index (χ4n) is 2.31. The number of pyridine rings is 1. The average Bonchev–Trinajstić information content (AvgIpc) is 3.15. The monoisotopic (exact) mass is 375 g/mol. The Balaban J connectivity index is 1.79. The van der Waals surface area contributed by atoms with Gasteiger partial charge >= 0.3 is 0 Å². The lowest BCUT2D eigenvalue weighted by Crippen LogP contribution is -2.40. The molecule has 0 bridgehead atoms. The standard InChI is InChI=1S/C18H25N3O2SSi/c1-18(2,3)25(4,5)23-11-13-8-14(10-19-9-13)16(22)15-17-21(12-20-15)6-7-24-17/h6-10,12,16,22H,11H2,1-5H3. The molecule has 7 heteroatoms. The van der Waals surface area contributed by atoms with E-state index in [9.17, 15) is 5.11 Å². The second kappa shape index (κ2) is 6.64. The highest BCUT2D eigenvalue weighted by Crippen LogP contribution is 2.37. The van der Waals surface area contributed by atoms with Crippen LogP contribution in [0, 0.1) is 0 Å². The molecule has 3 aromatic rings. The summed E-state index contributed by atoms with van der Waals surface area (Å²) in [6.07, 6.45) is 6.37. The van der Waals surface area contributed by atoms with E-state index >= 15 is 0 Å². The molecule has 0 aliphatic heterocycles. The van der Waals surface area contributed by atoms with Crippen LogP contribution in [0.25, 0.3) is 4.83 Å². The second-order valence-corrected chi connectivity index (χ2v) is 13.5. The minimum absolute atomic E-state index is 0.165. The molecule has 0 spiro atoms. The van der Waals surface area contributed by atoms with Gasteiger partial charge in [0.15, 0.2) is 8.32 Å². The largest absolute Gasteiger partial charge is 0.413 e. The number of rotatable bonds is 5. The van der Waals surface area contributed by atoms with Crippen molar-refractivity contribution in [3.8, 4) is 0 Å². The van der Waals surface area contributed by atoms with Gasteiger partial charge in [-0.25, -0.2) is 4.98 Å². The van der Waals surface area contributed by atoms with Crippen LogP contribution in [-0.4, -0.2) is 27.8 Å². The average molecular weight is 376 g/mol. The molecule has 0 aromatic carbocycles. The lowest BCUT2D eigenvalue weighted by Gasteiger charge is -2.36. The zero-order chi connectivity index (χ0) is 18.2. The summed E-state index contributed by atoms with van der Waals surface area (Å²) in [6.45, 7) is 11.7. The van der Waals surface area contributed by atoms with E-state index in [4.69, 9.17) is 4.43 Å². The lowest BCUT2D eigenvalue weighted by atomic mass is 10.1. The smallest absolute Gasteiger partial charge is 0.192 e. The van der Waals surface area contributed by atoms with Crippen molar-refractivity contribution in [2.45, 2.75) is 51.6 Å². The molecule has 0 saturated heterocycles. The molecular weight excluding hydrogens is 350 g/mol. The van der Waals surface area contributed by atoms with Crippen molar-refractivity contribution >= 4 is 24.5 Å². The van der Waals surface area contributed by atoms with Crippen molar-refractivity contribution < 1.29 is 9.53 Å². The quantitative estimate of drug-likeness (QED) is 0.672. The normalized spacial score (nSPS) is 14.2. The summed E-state index contributed by atoms with van der Waals surface area (Å²) < 4.78 is 8.18. The summed E-state index contributed by atoms with van der Waals surface area (Å²) in [5.41, 5.74) is 2.38. The highest BCUT2D eigenvalue weighted by atomic mass is 32.1. The molecule has 3 aromatic heterocycles. The van der Waals surface area contributed by atoms with Crippen molar-refractivity contribution in [3.63, 3.8) is 0 Å². The van der Waals surface area contributed by atoms with Crippen LogP contribution in [0.2, 0.25) is 18.1 Å². The number of aliphatic hydroxyl groups excluding tert-OH is 1. The molecule has 0 amide bonds. The molecule has 1 atom stereocenters. The Bertz CT molecular complexity index is 866. The van der Waals surface area contributed by atoms with E-state index < -0.39 is 14.4 Å². The first kappa shape index (κ1) is 18.3. The van der Waals surface area contributed by atoms with E-state index in [2.05, 4.69) is 43.8 Å². The number of thiazole rings is 1. The Morgan fingerprint density at radius 3 is 2.80 bits per heavy atom. The molecule has 3 rings (SSSR count). The van der Waals surface area contributed by atoms with Crippen LogP contribution < -0.4 is 0 Å². The van der Waals surface area contributed by atoms with Crippen LogP contribution in [0.1, 0.15) is 43.7 Å². The fourth-order valence-corrected chi connectivity index (χ4v) is 4.11. The van der Waals surface area contributed by atoms with Crippen LogP contribution in [0.4, 0.5) is 0 Å². The van der Waals surface area contributed by atoms with E-state index in [1.54, 1.807) is 30.1 Å². The van der Waals surface area contributed by atoms with Crippen LogP contribution in [0.5, 0.6) is 0 Å². The fraction of sp³-hybridized carbons (Fsp3) is 0.444. The maximum Gasteiger partial charge on any atom is 0.192 e. The number of imidazole rings is 1. The molecule has 0 saturated carbocycles. The van der Waals surface area contributed by atoms with Gasteiger partial charge in [0.05, 0.1) is 6.61 Å². The first-order chi connectivity index (χ1) is 11.7.